The van der Waals surface area contributed by atoms with E-state index in [1.54, 1.807) is 0 Å². The third-order valence-corrected chi connectivity index (χ3v) is 3.45. The fourth-order valence-corrected chi connectivity index (χ4v) is 2.40. The monoisotopic (exact) mass is 239 g/mol. The SMILES string of the molecule is Fc1ccc(CNC2CCCCCC2)c(F)c1. The number of hydrogen-bond donors (Lipinski definition) is 1. The molecule has 1 aromatic carbocycles. The Kier molecular flexibility index (Phi) is 4.49. The molecule has 17 heavy (non-hydrogen) atoms. The molecule has 0 atom stereocenters. The van der Waals surface area contributed by atoms with Crippen molar-refractivity contribution in [1.29, 1.82) is 0 Å². The maximum atomic E-state index is 13.4. The molecule has 0 heterocycles. The molecule has 3 heteroatoms. The highest BCUT2D eigenvalue weighted by atomic mass is 19.1. The van der Waals surface area contributed by atoms with Gasteiger partial charge in [-0.3, -0.25) is 0 Å². The molecule has 1 N–H and O–H groups in total. The summed E-state index contributed by atoms with van der Waals surface area (Å²) in [5.41, 5.74) is 0.552. The first kappa shape index (κ1) is 12.5. The molecule has 0 bridgehead atoms. The third-order valence-electron chi connectivity index (χ3n) is 3.45. The Morgan fingerprint density at radius 2 is 1.76 bits per heavy atom. The van der Waals surface area contributed by atoms with Crippen LogP contribution < -0.4 is 5.32 Å². The van der Waals surface area contributed by atoms with Gasteiger partial charge in [-0.25, -0.2) is 8.78 Å². The van der Waals surface area contributed by atoms with E-state index in [4.69, 9.17) is 0 Å². The molecule has 0 radical (unpaired) electrons. The van der Waals surface area contributed by atoms with Gasteiger partial charge in [-0.05, 0) is 18.9 Å². The summed E-state index contributed by atoms with van der Waals surface area (Å²) in [5.74, 6) is -0.966. The summed E-state index contributed by atoms with van der Waals surface area (Å²) in [6.45, 7) is 0.497. The van der Waals surface area contributed by atoms with E-state index in [0.717, 1.165) is 6.07 Å². The lowest BCUT2D eigenvalue weighted by Crippen LogP contribution is -2.28. The van der Waals surface area contributed by atoms with Crippen molar-refractivity contribution in [3.05, 3.63) is 35.4 Å². The van der Waals surface area contributed by atoms with E-state index in [1.807, 2.05) is 0 Å². The highest BCUT2D eigenvalue weighted by molar-refractivity contribution is 5.18. The van der Waals surface area contributed by atoms with Gasteiger partial charge >= 0.3 is 0 Å². The van der Waals surface area contributed by atoms with Crippen LogP contribution in [0.2, 0.25) is 0 Å². The van der Waals surface area contributed by atoms with E-state index in [1.165, 1.54) is 50.7 Å². The highest BCUT2D eigenvalue weighted by Crippen LogP contribution is 2.18. The molecule has 1 fully saturated rings. The first-order chi connectivity index (χ1) is 8.25. The molecule has 0 spiro atoms. The molecule has 2 rings (SSSR count). The van der Waals surface area contributed by atoms with Crippen molar-refractivity contribution >= 4 is 0 Å². The summed E-state index contributed by atoms with van der Waals surface area (Å²) in [6.07, 6.45) is 7.46. The lowest BCUT2D eigenvalue weighted by atomic mass is 10.1. The number of rotatable bonds is 3. The van der Waals surface area contributed by atoms with Gasteiger partial charge in [0.2, 0.25) is 0 Å². The Labute approximate surface area is 101 Å². The topological polar surface area (TPSA) is 12.0 Å². The van der Waals surface area contributed by atoms with Crippen LogP contribution in [0.1, 0.15) is 44.1 Å². The Morgan fingerprint density at radius 1 is 1.06 bits per heavy atom. The maximum Gasteiger partial charge on any atom is 0.130 e. The van der Waals surface area contributed by atoms with E-state index < -0.39 is 11.6 Å². The van der Waals surface area contributed by atoms with Gasteiger partial charge in [0.1, 0.15) is 11.6 Å². The summed E-state index contributed by atoms with van der Waals surface area (Å²) in [4.78, 5) is 0. The molecule has 1 aliphatic carbocycles. The van der Waals surface area contributed by atoms with Crippen LogP contribution in [-0.2, 0) is 6.54 Å². The summed E-state index contributed by atoms with van der Waals surface area (Å²) in [7, 11) is 0. The van der Waals surface area contributed by atoms with Crippen molar-refractivity contribution in [3.8, 4) is 0 Å². The predicted molar refractivity (Wildman–Crippen MR) is 64.7 cm³/mol. The zero-order valence-electron chi connectivity index (χ0n) is 10.0. The highest BCUT2D eigenvalue weighted by Gasteiger charge is 2.12. The molecule has 0 aromatic heterocycles. The maximum absolute atomic E-state index is 13.4. The lowest BCUT2D eigenvalue weighted by Gasteiger charge is -2.16. The number of benzene rings is 1. The van der Waals surface area contributed by atoms with Gasteiger partial charge in [0.05, 0.1) is 0 Å². The van der Waals surface area contributed by atoms with E-state index in [2.05, 4.69) is 5.32 Å². The molecular weight excluding hydrogens is 220 g/mol. The number of nitrogens with one attached hydrogen (secondary N) is 1. The van der Waals surface area contributed by atoms with Gasteiger partial charge in [0.15, 0.2) is 0 Å². The van der Waals surface area contributed by atoms with Crippen molar-refractivity contribution in [1.82, 2.24) is 5.32 Å². The molecule has 0 unspecified atom stereocenters. The van der Waals surface area contributed by atoms with Crippen LogP contribution in [0.4, 0.5) is 8.78 Å². The smallest absolute Gasteiger partial charge is 0.130 e. The van der Waals surface area contributed by atoms with Crippen LogP contribution in [0.5, 0.6) is 0 Å². The molecule has 0 aliphatic heterocycles. The lowest BCUT2D eigenvalue weighted by molar-refractivity contribution is 0.451. The van der Waals surface area contributed by atoms with Gasteiger partial charge in [-0.2, -0.15) is 0 Å². The molecule has 1 aliphatic rings. The summed E-state index contributed by atoms with van der Waals surface area (Å²) in [5, 5.41) is 3.38. The van der Waals surface area contributed by atoms with Gasteiger partial charge in [0, 0.05) is 24.2 Å². The zero-order valence-corrected chi connectivity index (χ0v) is 10.0. The molecule has 94 valence electrons. The van der Waals surface area contributed by atoms with Crippen molar-refractivity contribution in [2.45, 2.75) is 51.1 Å². The minimum Gasteiger partial charge on any atom is -0.310 e. The minimum absolute atomic E-state index is 0.453. The fourth-order valence-electron chi connectivity index (χ4n) is 2.40. The summed E-state index contributed by atoms with van der Waals surface area (Å²) in [6, 6.07) is 4.27. The molecule has 1 nitrogen and oxygen atoms in total. The first-order valence-corrected chi connectivity index (χ1v) is 6.43. The number of halogens is 2. The van der Waals surface area contributed by atoms with Gasteiger partial charge in [0.25, 0.3) is 0 Å². The second-order valence-corrected chi connectivity index (χ2v) is 4.81. The fraction of sp³-hybridized carbons (Fsp3) is 0.571. The van der Waals surface area contributed by atoms with Crippen LogP contribution in [0.3, 0.4) is 0 Å². The van der Waals surface area contributed by atoms with Crippen LogP contribution in [0, 0.1) is 11.6 Å². The van der Waals surface area contributed by atoms with Gasteiger partial charge in [-0.15, -0.1) is 0 Å². The van der Waals surface area contributed by atoms with Crippen molar-refractivity contribution in [2.75, 3.05) is 0 Å². The molecular formula is C14H19F2N. The first-order valence-electron chi connectivity index (χ1n) is 6.43. The van der Waals surface area contributed by atoms with E-state index in [-0.39, 0.29) is 0 Å². The van der Waals surface area contributed by atoms with Crippen LogP contribution >= 0.6 is 0 Å². The van der Waals surface area contributed by atoms with E-state index in [9.17, 15) is 8.78 Å². The largest absolute Gasteiger partial charge is 0.310 e. The van der Waals surface area contributed by atoms with E-state index >= 15 is 0 Å². The summed E-state index contributed by atoms with van der Waals surface area (Å²) >= 11 is 0. The number of hydrogen-bond acceptors (Lipinski definition) is 1. The molecule has 0 amide bonds. The average Bonchev–Trinajstić information content (AvgIpc) is 2.56. The Hall–Kier alpha value is -0.960. The zero-order chi connectivity index (χ0) is 12.1. The van der Waals surface area contributed by atoms with Crippen LogP contribution in [0.15, 0.2) is 18.2 Å². The van der Waals surface area contributed by atoms with Crippen LogP contribution in [-0.4, -0.2) is 6.04 Å². The average molecular weight is 239 g/mol. The standard InChI is InChI=1S/C14H19F2N/c15-12-8-7-11(14(16)9-12)10-17-13-5-3-1-2-4-6-13/h7-9,13,17H,1-6,10H2. The normalized spacial score (nSPS) is 18.0. The molecule has 1 saturated carbocycles. The molecule has 1 aromatic rings. The Balaban J connectivity index is 1.88. The van der Waals surface area contributed by atoms with Crippen molar-refractivity contribution in [2.24, 2.45) is 0 Å². The second kappa shape index (κ2) is 6.10. The Morgan fingerprint density at radius 3 is 2.41 bits per heavy atom. The van der Waals surface area contributed by atoms with Crippen molar-refractivity contribution < 1.29 is 8.78 Å². The van der Waals surface area contributed by atoms with Crippen molar-refractivity contribution in [3.63, 3.8) is 0 Å². The quantitative estimate of drug-likeness (QED) is 0.791. The third kappa shape index (κ3) is 3.77. The van der Waals surface area contributed by atoms with Crippen LogP contribution in [0.25, 0.3) is 0 Å². The van der Waals surface area contributed by atoms with Gasteiger partial charge < -0.3 is 5.32 Å². The molecule has 0 saturated heterocycles. The van der Waals surface area contributed by atoms with Gasteiger partial charge in [-0.1, -0.05) is 31.7 Å². The predicted octanol–water partition coefficient (Wildman–Crippen LogP) is 3.78. The minimum atomic E-state index is -0.513. The van der Waals surface area contributed by atoms with E-state index in [0.29, 0.717) is 18.2 Å². The second-order valence-electron chi connectivity index (χ2n) is 4.81. The Bertz CT molecular complexity index is 357. The summed E-state index contributed by atoms with van der Waals surface area (Å²) < 4.78 is 26.1.